The fourth-order valence-electron chi connectivity index (χ4n) is 3.45. The molecule has 3 heterocycles. The zero-order valence-electron chi connectivity index (χ0n) is 16.6. The number of benzene rings is 2. The summed E-state index contributed by atoms with van der Waals surface area (Å²) in [6, 6.07) is 12.0. The lowest BCUT2D eigenvalue weighted by molar-refractivity contribution is -0.115. The first-order valence-electron chi connectivity index (χ1n) is 9.62. The van der Waals surface area contributed by atoms with Crippen molar-refractivity contribution in [3.8, 4) is 16.8 Å². The molecule has 0 bridgehead atoms. The molecule has 0 aliphatic rings. The van der Waals surface area contributed by atoms with Gasteiger partial charge in [0.1, 0.15) is 6.54 Å². The highest BCUT2D eigenvalue weighted by Gasteiger charge is 2.27. The van der Waals surface area contributed by atoms with E-state index >= 15 is 0 Å². The lowest BCUT2D eigenvalue weighted by Gasteiger charge is -2.14. The number of nitrogens with one attached hydrogen (secondary N) is 1. The van der Waals surface area contributed by atoms with E-state index in [1.54, 1.807) is 36.5 Å². The van der Waals surface area contributed by atoms with Crippen molar-refractivity contribution in [1.82, 2.24) is 18.9 Å². The van der Waals surface area contributed by atoms with Crippen molar-refractivity contribution in [2.45, 2.75) is 6.18 Å². The molecule has 6 nitrogen and oxygen atoms in total. The van der Waals surface area contributed by atoms with Gasteiger partial charge in [-0.15, -0.1) is 0 Å². The second kappa shape index (κ2) is 8.13. The fraction of sp³-hybridized carbons (Fsp3) is 0.0909. The van der Waals surface area contributed by atoms with Crippen molar-refractivity contribution in [2.24, 2.45) is 0 Å². The fourth-order valence-corrected chi connectivity index (χ4v) is 4.21. The molecule has 0 saturated carbocycles. The highest BCUT2D eigenvalue weighted by Crippen LogP contribution is 2.28. The Morgan fingerprint density at radius 3 is 2.64 bits per heavy atom. The molecule has 5 rings (SSSR count). The third-order valence-electron chi connectivity index (χ3n) is 4.95. The normalized spacial score (nSPS) is 11.9. The van der Waals surface area contributed by atoms with Gasteiger partial charge >= 0.3 is 6.18 Å². The zero-order valence-corrected chi connectivity index (χ0v) is 18.2. The summed E-state index contributed by atoms with van der Waals surface area (Å²) < 4.78 is 43.7. The minimum atomic E-state index is -4.43. The molecule has 0 fully saturated rings. The van der Waals surface area contributed by atoms with Crippen LogP contribution in [0.2, 0.25) is 5.02 Å². The van der Waals surface area contributed by atoms with Crippen LogP contribution in [0, 0.1) is 0 Å². The van der Waals surface area contributed by atoms with Crippen molar-refractivity contribution in [3.63, 3.8) is 0 Å². The number of aromatic nitrogens is 4. The molecule has 0 radical (unpaired) electrons. The lowest BCUT2D eigenvalue weighted by atomic mass is 10.0. The average Bonchev–Trinajstić information content (AvgIpc) is 3.25. The molecule has 1 N–H and O–H groups in total. The number of halogens is 4. The van der Waals surface area contributed by atoms with Crippen molar-refractivity contribution in [1.29, 1.82) is 0 Å². The molecule has 0 unspecified atom stereocenters. The van der Waals surface area contributed by atoms with E-state index in [0.29, 0.717) is 21.7 Å². The largest absolute Gasteiger partial charge is 0.405 e. The van der Waals surface area contributed by atoms with Gasteiger partial charge in [0.05, 0.1) is 16.6 Å². The Kier molecular flexibility index (Phi) is 5.26. The van der Waals surface area contributed by atoms with Gasteiger partial charge in [0, 0.05) is 39.3 Å². The first kappa shape index (κ1) is 21.4. The number of nitrogens with zero attached hydrogens (tertiary/aromatic N) is 4. The van der Waals surface area contributed by atoms with Crippen molar-refractivity contribution in [3.05, 3.63) is 75.6 Å². The van der Waals surface area contributed by atoms with Crippen LogP contribution in [0.1, 0.15) is 0 Å². The van der Waals surface area contributed by atoms with Crippen LogP contribution in [0.25, 0.3) is 38.6 Å². The number of anilines is 1. The van der Waals surface area contributed by atoms with Gasteiger partial charge < -0.3 is 5.32 Å². The van der Waals surface area contributed by atoms with Gasteiger partial charge in [-0.1, -0.05) is 23.7 Å². The lowest BCUT2D eigenvalue weighted by Crippen LogP contribution is -2.23. The van der Waals surface area contributed by atoms with E-state index in [1.165, 1.54) is 22.3 Å². The predicted molar refractivity (Wildman–Crippen MR) is 123 cm³/mol. The van der Waals surface area contributed by atoms with Crippen LogP contribution in [0.5, 0.6) is 0 Å². The number of pyridine rings is 1. The van der Waals surface area contributed by atoms with Gasteiger partial charge in [-0.25, -0.2) is 9.97 Å². The summed E-state index contributed by atoms with van der Waals surface area (Å²) in [4.78, 5) is 21.9. The molecule has 3 aromatic heterocycles. The van der Waals surface area contributed by atoms with Crippen LogP contribution >= 0.6 is 23.1 Å². The van der Waals surface area contributed by atoms with Crippen LogP contribution < -0.4 is 10.9 Å². The minimum Gasteiger partial charge on any atom is -0.345 e. The first-order valence-corrected chi connectivity index (χ1v) is 10.8. The number of rotatable bonds is 4. The summed E-state index contributed by atoms with van der Waals surface area (Å²) in [5.74, 6) is -0.224. The smallest absolute Gasteiger partial charge is 0.345 e. The SMILES string of the molecule is O=c1c(-c2ccc(Cl)cc2)c2nc(NCC(F)(F)F)ncc2cn1-c1ccc2nscc2c1. The standard InChI is InChI=1S/C22H13ClF3N5OS/c23-15-3-1-12(2-4-15)18-19-14(8-27-21(29-19)28-11-22(24,25)26)9-31(20(18)32)16-5-6-17-13(7-16)10-33-30-17/h1-10H,11H2,(H,28,29). The third-order valence-corrected chi connectivity index (χ3v) is 5.87. The second-order valence-electron chi connectivity index (χ2n) is 7.21. The van der Waals surface area contributed by atoms with Crippen molar-refractivity contribution >= 4 is 50.9 Å². The molecule has 0 saturated heterocycles. The molecule has 5 aromatic rings. The van der Waals surface area contributed by atoms with Crippen LogP contribution in [0.4, 0.5) is 19.1 Å². The van der Waals surface area contributed by atoms with E-state index in [0.717, 1.165) is 10.9 Å². The summed E-state index contributed by atoms with van der Waals surface area (Å²) in [5.41, 5.74) is 2.04. The highest BCUT2D eigenvalue weighted by molar-refractivity contribution is 7.04. The van der Waals surface area contributed by atoms with Gasteiger partial charge in [-0.05, 0) is 47.4 Å². The van der Waals surface area contributed by atoms with Gasteiger partial charge in [0.15, 0.2) is 0 Å². The molecule has 0 amide bonds. The maximum atomic E-state index is 13.6. The summed E-state index contributed by atoms with van der Waals surface area (Å²) in [6.45, 7) is -1.29. The van der Waals surface area contributed by atoms with E-state index in [-0.39, 0.29) is 22.6 Å². The van der Waals surface area contributed by atoms with Gasteiger partial charge in [0.2, 0.25) is 5.95 Å². The summed E-state index contributed by atoms with van der Waals surface area (Å²) in [7, 11) is 0. The van der Waals surface area contributed by atoms with E-state index in [4.69, 9.17) is 11.6 Å². The average molecular weight is 488 g/mol. The van der Waals surface area contributed by atoms with Gasteiger partial charge in [0.25, 0.3) is 5.56 Å². The quantitative estimate of drug-likeness (QED) is 0.353. The molecular weight excluding hydrogens is 475 g/mol. The van der Waals surface area contributed by atoms with Crippen molar-refractivity contribution < 1.29 is 13.2 Å². The van der Waals surface area contributed by atoms with Crippen LogP contribution in [-0.4, -0.2) is 31.6 Å². The van der Waals surface area contributed by atoms with Crippen LogP contribution in [0.3, 0.4) is 0 Å². The Labute approximate surface area is 193 Å². The Hall–Kier alpha value is -3.50. The van der Waals surface area contributed by atoms with Gasteiger partial charge in [-0.3, -0.25) is 9.36 Å². The Bertz CT molecular complexity index is 1550. The summed E-state index contributed by atoms with van der Waals surface area (Å²) in [6.07, 6.45) is -1.47. The topological polar surface area (TPSA) is 72.7 Å². The highest BCUT2D eigenvalue weighted by atomic mass is 35.5. The second-order valence-corrected chi connectivity index (χ2v) is 8.28. The molecule has 166 valence electrons. The monoisotopic (exact) mass is 487 g/mol. The van der Waals surface area contributed by atoms with Crippen molar-refractivity contribution in [2.75, 3.05) is 11.9 Å². The molecule has 2 aromatic carbocycles. The molecule has 0 aliphatic carbocycles. The van der Waals surface area contributed by atoms with Crippen LogP contribution in [0.15, 0.2) is 65.0 Å². The molecular formula is C22H13ClF3N5OS. The molecule has 33 heavy (non-hydrogen) atoms. The van der Waals surface area contributed by atoms with Crippen LogP contribution in [-0.2, 0) is 0 Å². The summed E-state index contributed by atoms with van der Waals surface area (Å²) >= 11 is 7.32. The summed E-state index contributed by atoms with van der Waals surface area (Å²) in [5, 5.41) is 5.91. The maximum absolute atomic E-state index is 13.6. The zero-order chi connectivity index (χ0) is 23.2. The molecule has 0 atom stereocenters. The number of hydrogen-bond acceptors (Lipinski definition) is 6. The molecule has 0 aliphatic heterocycles. The minimum absolute atomic E-state index is 0.224. The molecule has 11 heteroatoms. The number of hydrogen-bond donors (Lipinski definition) is 1. The van der Waals surface area contributed by atoms with E-state index in [2.05, 4.69) is 19.7 Å². The Balaban J connectivity index is 1.73. The predicted octanol–water partition coefficient (Wildman–Crippen LogP) is 5.69. The maximum Gasteiger partial charge on any atom is 0.405 e. The van der Waals surface area contributed by atoms with E-state index < -0.39 is 12.7 Å². The number of fused-ring (bicyclic) bond motifs is 2. The molecule has 0 spiro atoms. The number of alkyl halides is 3. The first-order chi connectivity index (χ1) is 15.8. The van der Waals surface area contributed by atoms with E-state index in [1.807, 2.05) is 17.5 Å². The third kappa shape index (κ3) is 4.27. The van der Waals surface area contributed by atoms with E-state index in [9.17, 15) is 18.0 Å². The Morgan fingerprint density at radius 2 is 1.88 bits per heavy atom. The Morgan fingerprint density at radius 1 is 1.09 bits per heavy atom. The van der Waals surface area contributed by atoms with Gasteiger partial charge in [-0.2, -0.15) is 17.5 Å².